The third-order valence-corrected chi connectivity index (χ3v) is 9.07. The first-order chi connectivity index (χ1) is 20.3. The molecule has 0 unspecified atom stereocenters. The minimum atomic E-state index is -0.410. The topological polar surface area (TPSA) is 103 Å². The number of anilines is 1. The lowest BCUT2D eigenvalue weighted by molar-refractivity contribution is -0.113. The highest BCUT2D eigenvalue weighted by Gasteiger charge is 2.27. The molecule has 11 heteroatoms. The van der Waals surface area contributed by atoms with Gasteiger partial charge in [0.2, 0.25) is 5.91 Å². The lowest BCUT2D eigenvalue weighted by atomic mass is 10.0. The Morgan fingerprint density at radius 1 is 1.07 bits per heavy atom. The minimum absolute atomic E-state index is 0.0425. The van der Waals surface area contributed by atoms with Crippen molar-refractivity contribution < 1.29 is 19.1 Å². The van der Waals surface area contributed by atoms with Gasteiger partial charge in [0.05, 0.1) is 35.6 Å². The highest BCUT2D eigenvalue weighted by Crippen LogP contribution is 2.35. The van der Waals surface area contributed by atoms with Gasteiger partial charge in [-0.25, -0.2) is 9.78 Å². The minimum Gasteiger partial charge on any atom is -0.494 e. The Labute approximate surface area is 252 Å². The number of benzene rings is 2. The Bertz CT molecular complexity index is 1650. The van der Waals surface area contributed by atoms with Gasteiger partial charge in [-0.2, -0.15) is 0 Å². The van der Waals surface area contributed by atoms with Gasteiger partial charge in [-0.15, -0.1) is 11.3 Å². The van der Waals surface area contributed by atoms with Crippen LogP contribution in [-0.2, 0) is 22.5 Å². The number of nitrogens with zero attached hydrogens (tertiary/aromatic N) is 3. The van der Waals surface area contributed by atoms with Crippen LogP contribution >= 0.6 is 23.1 Å². The van der Waals surface area contributed by atoms with Crippen molar-refractivity contribution in [2.24, 2.45) is 0 Å². The van der Waals surface area contributed by atoms with Crippen molar-refractivity contribution in [3.8, 4) is 11.4 Å². The van der Waals surface area contributed by atoms with E-state index in [9.17, 15) is 14.4 Å². The van der Waals surface area contributed by atoms with Crippen LogP contribution in [0.1, 0.15) is 48.5 Å². The molecule has 0 saturated carbocycles. The number of esters is 1. The average molecular weight is 607 g/mol. The van der Waals surface area contributed by atoms with E-state index in [0.717, 1.165) is 25.1 Å². The SMILES string of the molecule is CCOC(=O)c1ccc(NC(=O)CSc2nc3sc4c(c3c(=O)n2-c2ccc(OCC)cc2)CCN(C(C)C)C4)cc1. The maximum Gasteiger partial charge on any atom is 0.338 e. The summed E-state index contributed by atoms with van der Waals surface area (Å²) in [4.78, 5) is 48.2. The number of ether oxygens (including phenoxy) is 2. The molecule has 5 rings (SSSR count). The fourth-order valence-electron chi connectivity index (χ4n) is 4.90. The van der Waals surface area contributed by atoms with E-state index in [1.807, 2.05) is 31.2 Å². The zero-order valence-corrected chi connectivity index (χ0v) is 25.8. The standard InChI is InChI=1S/C31H34N4O5S2/c1-5-39-23-13-11-22(12-14-23)35-29(37)27-24-15-16-34(19(3)4)17-25(24)42-28(27)33-31(35)41-18-26(36)32-21-9-7-20(8-10-21)30(38)40-6-2/h7-14,19H,5-6,15-18H2,1-4H3,(H,32,36). The Morgan fingerprint density at radius 2 is 1.81 bits per heavy atom. The van der Waals surface area contributed by atoms with E-state index < -0.39 is 5.97 Å². The summed E-state index contributed by atoms with van der Waals surface area (Å²) >= 11 is 2.78. The van der Waals surface area contributed by atoms with Crippen LogP contribution in [0.3, 0.4) is 0 Å². The van der Waals surface area contributed by atoms with Crippen LogP contribution in [0, 0.1) is 0 Å². The van der Waals surface area contributed by atoms with Crippen LogP contribution in [0.25, 0.3) is 15.9 Å². The highest BCUT2D eigenvalue weighted by molar-refractivity contribution is 7.99. The lowest BCUT2D eigenvalue weighted by Crippen LogP contribution is -2.35. The molecule has 0 fully saturated rings. The third kappa shape index (κ3) is 6.38. The Morgan fingerprint density at radius 3 is 2.48 bits per heavy atom. The summed E-state index contributed by atoms with van der Waals surface area (Å²) in [7, 11) is 0. The molecule has 3 heterocycles. The van der Waals surface area contributed by atoms with Gasteiger partial charge in [0.1, 0.15) is 10.6 Å². The largest absolute Gasteiger partial charge is 0.494 e. The Hall–Kier alpha value is -3.67. The monoisotopic (exact) mass is 606 g/mol. The van der Waals surface area contributed by atoms with Gasteiger partial charge in [-0.05, 0) is 88.2 Å². The van der Waals surface area contributed by atoms with Gasteiger partial charge in [0, 0.05) is 29.7 Å². The molecule has 2 aromatic carbocycles. The summed E-state index contributed by atoms with van der Waals surface area (Å²) in [6.45, 7) is 10.6. The first-order valence-electron chi connectivity index (χ1n) is 14.0. The molecular formula is C31H34N4O5S2. The smallest absolute Gasteiger partial charge is 0.338 e. The molecule has 1 aliphatic heterocycles. The molecule has 2 aromatic heterocycles. The van der Waals surface area contributed by atoms with Gasteiger partial charge in [-0.1, -0.05) is 11.8 Å². The number of thioether (sulfide) groups is 1. The molecule has 4 aromatic rings. The first-order valence-corrected chi connectivity index (χ1v) is 15.8. The molecule has 1 amide bonds. The fourth-order valence-corrected chi connectivity index (χ4v) is 7.00. The van der Waals surface area contributed by atoms with Crippen LogP contribution in [0.5, 0.6) is 5.75 Å². The molecule has 9 nitrogen and oxygen atoms in total. The fraction of sp³-hybridized carbons (Fsp3) is 0.355. The number of aromatic nitrogens is 2. The van der Waals surface area contributed by atoms with Gasteiger partial charge < -0.3 is 14.8 Å². The molecule has 220 valence electrons. The molecule has 0 radical (unpaired) electrons. The molecule has 0 saturated heterocycles. The number of carbonyl (C=O) groups is 2. The first kappa shape index (κ1) is 29.8. The van der Waals surface area contributed by atoms with E-state index in [1.54, 1.807) is 47.1 Å². The predicted octanol–water partition coefficient (Wildman–Crippen LogP) is 5.52. The number of thiophene rings is 1. The zero-order valence-electron chi connectivity index (χ0n) is 24.1. The van der Waals surface area contributed by atoms with Crippen LogP contribution < -0.4 is 15.6 Å². The van der Waals surface area contributed by atoms with E-state index in [4.69, 9.17) is 14.5 Å². The summed E-state index contributed by atoms with van der Waals surface area (Å²) in [5.74, 6) is 0.0924. The van der Waals surface area contributed by atoms with Crippen LogP contribution in [0.4, 0.5) is 5.69 Å². The van der Waals surface area contributed by atoms with E-state index >= 15 is 0 Å². The lowest BCUT2D eigenvalue weighted by Gasteiger charge is -2.30. The third-order valence-electron chi connectivity index (χ3n) is 7.02. The summed E-state index contributed by atoms with van der Waals surface area (Å²) in [5, 5.41) is 3.97. The van der Waals surface area contributed by atoms with Crippen molar-refractivity contribution in [1.82, 2.24) is 14.5 Å². The molecule has 0 aliphatic carbocycles. The number of carbonyl (C=O) groups excluding carboxylic acids is 2. The van der Waals surface area contributed by atoms with E-state index in [-0.39, 0.29) is 17.2 Å². The second-order valence-electron chi connectivity index (χ2n) is 10.1. The van der Waals surface area contributed by atoms with Crippen molar-refractivity contribution in [3.05, 3.63) is 74.9 Å². The summed E-state index contributed by atoms with van der Waals surface area (Å²) in [6.07, 6.45) is 0.803. The van der Waals surface area contributed by atoms with Gasteiger partial charge in [-0.3, -0.25) is 19.1 Å². The van der Waals surface area contributed by atoms with Crippen molar-refractivity contribution in [1.29, 1.82) is 0 Å². The van der Waals surface area contributed by atoms with Crippen LogP contribution in [-0.4, -0.2) is 57.9 Å². The molecule has 0 bridgehead atoms. The number of nitrogens with one attached hydrogen (secondary N) is 1. The number of hydrogen-bond donors (Lipinski definition) is 1. The molecule has 1 N–H and O–H groups in total. The number of fused-ring (bicyclic) bond motifs is 3. The molecule has 0 spiro atoms. The number of rotatable bonds is 10. The molecule has 0 atom stereocenters. The van der Waals surface area contributed by atoms with Crippen LogP contribution in [0.2, 0.25) is 0 Å². The van der Waals surface area contributed by atoms with Crippen molar-refractivity contribution in [2.75, 3.05) is 30.8 Å². The molecular weight excluding hydrogens is 572 g/mol. The van der Waals surface area contributed by atoms with Gasteiger partial charge >= 0.3 is 5.97 Å². The highest BCUT2D eigenvalue weighted by atomic mass is 32.2. The maximum atomic E-state index is 14.1. The summed E-state index contributed by atoms with van der Waals surface area (Å²) in [6, 6.07) is 14.3. The maximum absolute atomic E-state index is 14.1. The van der Waals surface area contributed by atoms with E-state index in [2.05, 4.69) is 24.1 Å². The zero-order chi connectivity index (χ0) is 29.8. The molecule has 42 heavy (non-hydrogen) atoms. The Kier molecular flexibility index (Phi) is 9.30. The normalized spacial score (nSPS) is 13.3. The van der Waals surface area contributed by atoms with Crippen molar-refractivity contribution >= 4 is 50.9 Å². The van der Waals surface area contributed by atoms with Crippen LogP contribution in [0.15, 0.2) is 58.5 Å². The molecule has 1 aliphatic rings. The van der Waals surface area contributed by atoms with E-state index in [0.29, 0.717) is 57.3 Å². The summed E-state index contributed by atoms with van der Waals surface area (Å²) < 4.78 is 12.2. The second-order valence-corrected chi connectivity index (χ2v) is 12.1. The van der Waals surface area contributed by atoms with Crippen molar-refractivity contribution in [2.45, 2.75) is 51.9 Å². The van der Waals surface area contributed by atoms with Crippen molar-refractivity contribution in [3.63, 3.8) is 0 Å². The summed E-state index contributed by atoms with van der Waals surface area (Å²) in [5.41, 5.74) is 2.59. The number of amides is 1. The second kappa shape index (κ2) is 13.1. The van der Waals surface area contributed by atoms with Gasteiger partial charge in [0.15, 0.2) is 5.16 Å². The van der Waals surface area contributed by atoms with Gasteiger partial charge in [0.25, 0.3) is 5.56 Å². The van der Waals surface area contributed by atoms with E-state index in [1.165, 1.54) is 16.6 Å². The quantitative estimate of drug-likeness (QED) is 0.143. The average Bonchev–Trinajstić information content (AvgIpc) is 3.35. The Balaban J connectivity index is 1.44. The predicted molar refractivity (Wildman–Crippen MR) is 167 cm³/mol. The number of hydrogen-bond acceptors (Lipinski definition) is 9.